The minimum absolute atomic E-state index is 0.0978. The number of fused-ring (bicyclic) bond motifs is 1. The highest BCUT2D eigenvalue weighted by molar-refractivity contribution is 5.97. The Labute approximate surface area is 167 Å². The third-order valence-corrected chi connectivity index (χ3v) is 5.05. The highest BCUT2D eigenvalue weighted by atomic mass is 16.5. The molecule has 0 aliphatic rings. The zero-order chi connectivity index (χ0) is 20.7. The fourth-order valence-electron chi connectivity index (χ4n) is 3.42. The number of phenols is 2. The van der Waals surface area contributed by atoms with Gasteiger partial charge in [0.25, 0.3) is 0 Å². The number of aromatic nitrogens is 3. The molecule has 0 bridgehead atoms. The molecule has 0 radical (unpaired) electrons. The summed E-state index contributed by atoms with van der Waals surface area (Å²) in [6, 6.07) is 12.5. The number of rotatable bonds is 4. The van der Waals surface area contributed by atoms with Crippen molar-refractivity contribution < 1.29 is 19.7 Å². The molecule has 0 aliphatic carbocycles. The Morgan fingerprint density at radius 2 is 1.72 bits per heavy atom. The topological polar surface area (TPSA) is 89.6 Å². The van der Waals surface area contributed by atoms with Crippen LogP contribution in [0.1, 0.15) is 5.69 Å². The van der Waals surface area contributed by atoms with Crippen LogP contribution in [0.15, 0.2) is 42.5 Å². The van der Waals surface area contributed by atoms with Crippen molar-refractivity contribution in [1.82, 2.24) is 14.8 Å². The molecule has 7 heteroatoms. The SMILES string of the molecule is COc1cccc(-c2cc(-c3cc(OC)c(O)cc3O)nc3nn(C)c(C)c23)c1. The van der Waals surface area contributed by atoms with Gasteiger partial charge in [0, 0.05) is 29.8 Å². The molecule has 0 unspecified atom stereocenters. The van der Waals surface area contributed by atoms with Crippen LogP contribution in [0.25, 0.3) is 33.4 Å². The largest absolute Gasteiger partial charge is 0.507 e. The monoisotopic (exact) mass is 391 g/mol. The van der Waals surface area contributed by atoms with Crippen LogP contribution in [0.3, 0.4) is 0 Å². The zero-order valence-electron chi connectivity index (χ0n) is 16.6. The molecule has 2 aromatic heterocycles. The van der Waals surface area contributed by atoms with E-state index in [-0.39, 0.29) is 17.2 Å². The molecule has 0 saturated carbocycles. The van der Waals surface area contributed by atoms with E-state index in [0.717, 1.165) is 28.0 Å². The van der Waals surface area contributed by atoms with Gasteiger partial charge in [-0.25, -0.2) is 4.98 Å². The first-order chi connectivity index (χ1) is 13.9. The Morgan fingerprint density at radius 1 is 0.931 bits per heavy atom. The fraction of sp³-hybridized carbons (Fsp3) is 0.182. The van der Waals surface area contributed by atoms with Crippen molar-refractivity contribution in [3.63, 3.8) is 0 Å². The smallest absolute Gasteiger partial charge is 0.182 e. The molecule has 148 valence electrons. The number of ether oxygens (including phenoxy) is 2. The van der Waals surface area contributed by atoms with Crippen molar-refractivity contribution in [1.29, 1.82) is 0 Å². The standard InChI is InChI=1S/C22H21N3O4/c1-12-21-15(13-6-5-7-14(8-13)28-3)9-17(23-22(21)24-25(12)2)16-10-20(29-4)19(27)11-18(16)26/h5-11,26-27H,1-4H3. The fourth-order valence-corrected chi connectivity index (χ4v) is 3.42. The second-order valence-electron chi connectivity index (χ2n) is 6.74. The van der Waals surface area contributed by atoms with Crippen LogP contribution in [0.5, 0.6) is 23.0 Å². The molecule has 0 atom stereocenters. The number of aryl methyl sites for hydroxylation is 2. The van der Waals surface area contributed by atoms with Gasteiger partial charge in [-0.3, -0.25) is 4.68 Å². The summed E-state index contributed by atoms with van der Waals surface area (Å²) in [6.45, 7) is 1.99. The van der Waals surface area contributed by atoms with Crippen LogP contribution in [0.2, 0.25) is 0 Å². The lowest BCUT2D eigenvalue weighted by Gasteiger charge is -2.12. The van der Waals surface area contributed by atoms with Crippen molar-refractivity contribution in [3.05, 3.63) is 48.2 Å². The summed E-state index contributed by atoms with van der Waals surface area (Å²) in [6.07, 6.45) is 0. The average molecular weight is 391 g/mol. The summed E-state index contributed by atoms with van der Waals surface area (Å²) in [7, 11) is 4.95. The Balaban J connectivity index is 2.03. The van der Waals surface area contributed by atoms with Gasteiger partial charge < -0.3 is 19.7 Å². The highest BCUT2D eigenvalue weighted by Crippen LogP contribution is 2.41. The molecule has 2 aromatic carbocycles. The van der Waals surface area contributed by atoms with Gasteiger partial charge in [-0.15, -0.1) is 0 Å². The number of hydrogen-bond donors (Lipinski definition) is 2. The molecule has 0 spiro atoms. The molecular formula is C22H21N3O4. The Bertz CT molecular complexity index is 1230. The maximum absolute atomic E-state index is 10.4. The first kappa shape index (κ1) is 18.6. The van der Waals surface area contributed by atoms with Gasteiger partial charge in [0.05, 0.1) is 19.9 Å². The second-order valence-corrected chi connectivity index (χ2v) is 6.74. The summed E-state index contributed by atoms with van der Waals surface area (Å²) in [4.78, 5) is 4.66. The van der Waals surface area contributed by atoms with Crippen LogP contribution in [0, 0.1) is 6.92 Å². The molecule has 0 saturated heterocycles. The lowest BCUT2D eigenvalue weighted by molar-refractivity contribution is 0.370. The Hall–Kier alpha value is -3.74. The van der Waals surface area contributed by atoms with Gasteiger partial charge in [0.15, 0.2) is 17.1 Å². The van der Waals surface area contributed by atoms with Gasteiger partial charge in [0.2, 0.25) is 0 Å². The van der Waals surface area contributed by atoms with E-state index in [1.807, 2.05) is 44.3 Å². The summed E-state index contributed by atoms with van der Waals surface area (Å²) < 4.78 is 12.4. The van der Waals surface area contributed by atoms with E-state index in [2.05, 4.69) is 10.1 Å². The van der Waals surface area contributed by atoms with E-state index in [9.17, 15) is 10.2 Å². The minimum Gasteiger partial charge on any atom is -0.507 e. The van der Waals surface area contributed by atoms with Crippen LogP contribution in [-0.4, -0.2) is 39.2 Å². The number of aromatic hydroxyl groups is 2. The Kier molecular flexibility index (Phi) is 4.50. The molecule has 0 amide bonds. The minimum atomic E-state index is -0.142. The van der Waals surface area contributed by atoms with E-state index in [0.29, 0.717) is 16.9 Å². The van der Waals surface area contributed by atoms with E-state index in [4.69, 9.17) is 9.47 Å². The third-order valence-electron chi connectivity index (χ3n) is 5.05. The summed E-state index contributed by atoms with van der Waals surface area (Å²) >= 11 is 0. The Morgan fingerprint density at radius 3 is 2.45 bits per heavy atom. The highest BCUT2D eigenvalue weighted by Gasteiger charge is 2.19. The van der Waals surface area contributed by atoms with Crippen LogP contribution in [-0.2, 0) is 7.05 Å². The van der Waals surface area contributed by atoms with E-state index < -0.39 is 0 Å². The maximum Gasteiger partial charge on any atom is 0.182 e. The lowest BCUT2D eigenvalue weighted by atomic mass is 9.98. The molecule has 0 aliphatic heterocycles. The molecule has 0 fully saturated rings. The average Bonchev–Trinajstić information content (AvgIpc) is 3.01. The second kappa shape index (κ2) is 7.01. The van der Waals surface area contributed by atoms with Gasteiger partial charge in [0.1, 0.15) is 11.5 Å². The van der Waals surface area contributed by atoms with E-state index in [1.165, 1.54) is 13.2 Å². The first-order valence-corrected chi connectivity index (χ1v) is 9.02. The molecule has 2 heterocycles. The number of pyridine rings is 1. The van der Waals surface area contributed by atoms with Crippen molar-refractivity contribution >= 4 is 11.0 Å². The van der Waals surface area contributed by atoms with Crippen LogP contribution >= 0.6 is 0 Å². The van der Waals surface area contributed by atoms with Crippen LogP contribution < -0.4 is 9.47 Å². The van der Waals surface area contributed by atoms with Gasteiger partial charge in [-0.05, 0) is 42.3 Å². The molecular weight excluding hydrogens is 370 g/mol. The predicted molar refractivity (Wildman–Crippen MR) is 111 cm³/mol. The summed E-state index contributed by atoms with van der Waals surface area (Å²) in [5, 5.41) is 25.8. The van der Waals surface area contributed by atoms with Gasteiger partial charge >= 0.3 is 0 Å². The van der Waals surface area contributed by atoms with Gasteiger partial charge in [-0.2, -0.15) is 5.10 Å². The number of benzene rings is 2. The number of nitrogens with zero attached hydrogens (tertiary/aromatic N) is 3. The normalized spacial score (nSPS) is 11.0. The summed E-state index contributed by atoms with van der Waals surface area (Å²) in [5.41, 5.74) is 4.36. The van der Waals surface area contributed by atoms with E-state index in [1.54, 1.807) is 17.9 Å². The third kappa shape index (κ3) is 3.10. The predicted octanol–water partition coefficient (Wildman–Crippen LogP) is 4.04. The molecule has 4 aromatic rings. The molecule has 4 rings (SSSR count). The van der Waals surface area contributed by atoms with Crippen molar-refractivity contribution in [2.75, 3.05) is 14.2 Å². The maximum atomic E-state index is 10.4. The lowest BCUT2D eigenvalue weighted by Crippen LogP contribution is -1.92. The summed E-state index contributed by atoms with van der Waals surface area (Å²) in [5.74, 6) is 0.750. The quantitative estimate of drug-likeness (QED) is 0.546. The number of methoxy groups -OCH3 is 2. The zero-order valence-corrected chi connectivity index (χ0v) is 16.6. The molecule has 7 nitrogen and oxygen atoms in total. The van der Waals surface area contributed by atoms with Crippen molar-refractivity contribution in [2.24, 2.45) is 7.05 Å². The molecule has 29 heavy (non-hydrogen) atoms. The number of hydrogen-bond acceptors (Lipinski definition) is 6. The van der Waals surface area contributed by atoms with E-state index >= 15 is 0 Å². The molecule has 2 N–H and O–H groups in total. The van der Waals surface area contributed by atoms with Gasteiger partial charge in [-0.1, -0.05) is 12.1 Å². The van der Waals surface area contributed by atoms with Crippen molar-refractivity contribution in [2.45, 2.75) is 6.92 Å². The van der Waals surface area contributed by atoms with Crippen LogP contribution in [0.4, 0.5) is 0 Å². The number of phenolic OH excluding ortho intramolecular Hbond substituents is 2. The first-order valence-electron chi connectivity index (χ1n) is 9.02. The van der Waals surface area contributed by atoms with Crippen molar-refractivity contribution in [3.8, 4) is 45.4 Å².